The number of hydrogen-bond acceptors (Lipinski definition) is 2. The molecule has 14 heavy (non-hydrogen) atoms. The maximum atomic E-state index is 3.52. The second-order valence-corrected chi connectivity index (χ2v) is 4.53. The summed E-state index contributed by atoms with van der Waals surface area (Å²) >= 11 is 0. The minimum Gasteiger partial charge on any atom is -0.311 e. The van der Waals surface area contributed by atoms with Crippen molar-refractivity contribution in [2.24, 2.45) is 0 Å². The fourth-order valence-electron chi connectivity index (χ4n) is 2.32. The van der Waals surface area contributed by atoms with Crippen LogP contribution in [0, 0.1) is 0 Å². The fourth-order valence-corrected chi connectivity index (χ4v) is 2.32. The Morgan fingerprint density at radius 1 is 1.29 bits per heavy atom. The Bertz CT molecular complexity index is 179. The Morgan fingerprint density at radius 3 is 2.43 bits per heavy atom. The van der Waals surface area contributed by atoms with Gasteiger partial charge in [-0.15, -0.1) is 0 Å². The molecule has 0 aromatic carbocycles. The fraction of sp³-hybridized carbons (Fsp3) is 0.833. The van der Waals surface area contributed by atoms with E-state index in [1.54, 1.807) is 0 Å². The third-order valence-electron chi connectivity index (χ3n) is 3.43. The summed E-state index contributed by atoms with van der Waals surface area (Å²) in [5.41, 5.74) is 0.432. The van der Waals surface area contributed by atoms with Gasteiger partial charge in [0.25, 0.3) is 0 Å². The molecule has 2 heteroatoms. The van der Waals surface area contributed by atoms with Crippen LogP contribution in [0.3, 0.4) is 0 Å². The van der Waals surface area contributed by atoms with E-state index in [1.165, 1.54) is 25.7 Å². The Morgan fingerprint density at radius 2 is 1.93 bits per heavy atom. The third-order valence-corrected chi connectivity index (χ3v) is 3.43. The number of allylic oxidation sites excluding steroid dienone is 1. The first-order chi connectivity index (χ1) is 6.71. The molecule has 0 aromatic rings. The summed E-state index contributed by atoms with van der Waals surface area (Å²) in [6.45, 7) is 4.20. The van der Waals surface area contributed by atoms with Crippen molar-refractivity contribution in [2.75, 3.05) is 27.2 Å². The largest absolute Gasteiger partial charge is 0.311 e. The maximum Gasteiger partial charge on any atom is 0.0327 e. The highest BCUT2D eigenvalue weighted by atomic mass is 15.2. The van der Waals surface area contributed by atoms with E-state index in [0.29, 0.717) is 5.54 Å². The SMILES string of the molecule is C/C=C/CNCC1(N(C)C)CCCC1. The lowest BCUT2D eigenvalue weighted by atomic mass is 9.96. The minimum absolute atomic E-state index is 0.432. The zero-order valence-corrected chi connectivity index (χ0v) is 9.84. The lowest BCUT2D eigenvalue weighted by Crippen LogP contribution is -2.49. The monoisotopic (exact) mass is 196 g/mol. The van der Waals surface area contributed by atoms with Crippen LogP contribution in [0.25, 0.3) is 0 Å². The minimum atomic E-state index is 0.432. The topological polar surface area (TPSA) is 15.3 Å². The smallest absolute Gasteiger partial charge is 0.0327 e. The second kappa shape index (κ2) is 5.52. The molecule has 0 unspecified atom stereocenters. The van der Waals surface area contributed by atoms with Gasteiger partial charge in [0.05, 0.1) is 0 Å². The van der Waals surface area contributed by atoms with Crippen LogP contribution in [-0.2, 0) is 0 Å². The first kappa shape index (κ1) is 11.7. The van der Waals surface area contributed by atoms with Crippen LogP contribution in [0.5, 0.6) is 0 Å². The van der Waals surface area contributed by atoms with Crippen LogP contribution in [-0.4, -0.2) is 37.6 Å². The van der Waals surface area contributed by atoms with Gasteiger partial charge in [-0.1, -0.05) is 25.0 Å². The summed E-state index contributed by atoms with van der Waals surface area (Å²) in [7, 11) is 4.42. The molecule has 0 spiro atoms. The van der Waals surface area contributed by atoms with E-state index in [-0.39, 0.29) is 0 Å². The quantitative estimate of drug-likeness (QED) is 0.534. The summed E-state index contributed by atoms with van der Waals surface area (Å²) in [5.74, 6) is 0. The van der Waals surface area contributed by atoms with E-state index in [0.717, 1.165) is 13.1 Å². The van der Waals surface area contributed by atoms with Crippen molar-refractivity contribution >= 4 is 0 Å². The molecular weight excluding hydrogens is 172 g/mol. The van der Waals surface area contributed by atoms with Crippen molar-refractivity contribution in [2.45, 2.75) is 38.1 Å². The van der Waals surface area contributed by atoms with Crippen molar-refractivity contribution in [3.63, 3.8) is 0 Å². The molecular formula is C12H24N2. The molecule has 0 heterocycles. The standard InChI is InChI=1S/C12H24N2/c1-4-5-10-13-11-12(14(2)3)8-6-7-9-12/h4-5,13H,6-11H2,1-3H3/b5-4+. The summed E-state index contributed by atoms with van der Waals surface area (Å²) in [5, 5.41) is 3.52. The molecule has 82 valence electrons. The second-order valence-electron chi connectivity index (χ2n) is 4.53. The Labute approximate surface area is 88.4 Å². The van der Waals surface area contributed by atoms with E-state index in [9.17, 15) is 0 Å². The van der Waals surface area contributed by atoms with Gasteiger partial charge in [0.2, 0.25) is 0 Å². The Hall–Kier alpha value is -0.340. The number of likely N-dealkylation sites (N-methyl/N-ethyl adjacent to an activating group) is 1. The van der Waals surface area contributed by atoms with Crippen LogP contribution in [0.1, 0.15) is 32.6 Å². The van der Waals surface area contributed by atoms with Gasteiger partial charge in [-0.05, 0) is 33.9 Å². The van der Waals surface area contributed by atoms with Gasteiger partial charge < -0.3 is 10.2 Å². The van der Waals surface area contributed by atoms with Crippen molar-refractivity contribution < 1.29 is 0 Å². The van der Waals surface area contributed by atoms with Gasteiger partial charge in [-0.25, -0.2) is 0 Å². The van der Waals surface area contributed by atoms with Crippen molar-refractivity contribution in [1.82, 2.24) is 10.2 Å². The third kappa shape index (κ3) is 2.82. The van der Waals surface area contributed by atoms with Crippen LogP contribution < -0.4 is 5.32 Å². The molecule has 0 saturated heterocycles. The lowest BCUT2D eigenvalue weighted by Gasteiger charge is -2.36. The van der Waals surface area contributed by atoms with Crippen LogP contribution in [0.2, 0.25) is 0 Å². The lowest BCUT2D eigenvalue weighted by molar-refractivity contribution is 0.155. The Balaban J connectivity index is 2.36. The maximum absolute atomic E-state index is 3.52. The van der Waals surface area contributed by atoms with Gasteiger partial charge >= 0.3 is 0 Å². The van der Waals surface area contributed by atoms with Crippen LogP contribution >= 0.6 is 0 Å². The average molecular weight is 196 g/mol. The number of hydrogen-bond donors (Lipinski definition) is 1. The predicted molar refractivity (Wildman–Crippen MR) is 62.6 cm³/mol. The zero-order valence-electron chi connectivity index (χ0n) is 9.84. The first-order valence-electron chi connectivity index (χ1n) is 5.70. The normalized spacial score (nSPS) is 21.1. The van der Waals surface area contributed by atoms with E-state index in [4.69, 9.17) is 0 Å². The molecule has 1 fully saturated rings. The predicted octanol–water partition coefficient (Wildman–Crippen LogP) is 2.03. The molecule has 1 aliphatic rings. The van der Waals surface area contributed by atoms with Gasteiger partial charge in [0, 0.05) is 18.6 Å². The van der Waals surface area contributed by atoms with Crippen molar-refractivity contribution in [3.05, 3.63) is 12.2 Å². The number of nitrogens with one attached hydrogen (secondary N) is 1. The molecule has 1 aliphatic carbocycles. The Kier molecular flexibility index (Phi) is 4.63. The van der Waals surface area contributed by atoms with Gasteiger partial charge in [-0.2, -0.15) is 0 Å². The molecule has 0 aromatic heterocycles. The highest BCUT2D eigenvalue weighted by Gasteiger charge is 2.35. The van der Waals surface area contributed by atoms with Crippen molar-refractivity contribution in [1.29, 1.82) is 0 Å². The summed E-state index contributed by atoms with van der Waals surface area (Å²) < 4.78 is 0. The van der Waals surface area contributed by atoms with Gasteiger partial charge in [-0.3, -0.25) is 0 Å². The first-order valence-corrected chi connectivity index (χ1v) is 5.70. The summed E-state index contributed by atoms with van der Waals surface area (Å²) in [6.07, 6.45) is 9.76. The average Bonchev–Trinajstić information content (AvgIpc) is 2.62. The molecule has 1 rings (SSSR count). The van der Waals surface area contributed by atoms with Gasteiger partial charge in [0.15, 0.2) is 0 Å². The molecule has 0 bridgehead atoms. The van der Waals surface area contributed by atoms with E-state index in [1.807, 2.05) is 0 Å². The highest BCUT2D eigenvalue weighted by Crippen LogP contribution is 2.32. The molecule has 2 nitrogen and oxygen atoms in total. The van der Waals surface area contributed by atoms with Crippen LogP contribution in [0.15, 0.2) is 12.2 Å². The molecule has 1 N–H and O–H groups in total. The van der Waals surface area contributed by atoms with Crippen LogP contribution in [0.4, 0.5) is 0 Å². The van der Waals surface area contributed by atoms with E-state index in [2.05, 4.69) is 43.4 Å². The van der Waals surface area contributed by atoms with Gasteiger partial charge in [0.1, 0.15) is 0 Å². The van der Waals surface area contributed by atoms with E-state index < -0.39 is 0 Å². The van der Waals surface area contributed by atoms with E-state index >= 15 is 0 Å². The molecule has 1 saturated carbocycles. The van der Waals surface area contributed by atoms with Crippen molar-refractivity contribution in [3.8, 4) is 0 Å². The molecule has 0 atom stereocenters. The summed E-state index contributed by atoms with van der Waals surface area (Å²) in [6, 6.07) is 0. The number of nitrogens with zero attached hydrogens (tertiary/aromatic N) is 1. The highest BCUT2D eigenvalue weighted by molar-refractivity contribution is 4.95. The summed E-state index contributed by atoms with van der Waals surface area (Å²) in [4.78, 5) is 2.41. The molecule has 0 radical (unpaired) electrons. The molecule has 0 amide bonds. The zero-order chi connectivity index (χ0) is 10.4. The number of rotatable bonds is 5. The molecule has 0 aliphatic heterocycles.